The Balaban J connectivity index is 5.22. The first kappa shape index (κ1) is 97.1. The molecule has 0 aliphatic heterocycles. The smallest absolute Gasteiger partial charge is 0.462 e. The summed E-state index contributed by atoms with van der Waals surface area (Å²) in [6.45, 7) is 11.9. The number of carbonyl (C=O) groups excluding carboxylic acids is 4. The van der Waals surface area contributed by atoms with Crippen molar-refractivity contribution in [3.05, 3.63) is 0 Å². The molecule has 0 aliphatic rings. The number of ether oxygens (including phenoxy) is 4. The number of hydrogen-bond acceptors (Lipinski definition) is 15. The van der Waals surface area contributed by atoms with Crippen molar-refractivity contribution in [1.82, 2.24) is 0 Å². The fourth-order valence-corrected chi connectivity index (χ4v) is 13.9. The van der Waals surface area contributed by atoms with E-state index in [1.807, 2.05) is 0 Å². The molecule has 0 saturated carbocycles. The fraction of sp³-hybridized carbons (Fsp3) is 0.950. The van der Waals surface area contributed by atoms with Crippen LogP contribution in [-0.2, 0) is 65.4 Å². The van der Waals surface area contributed by atoms with Crippen LogP contribution in [0.15, 0.2) is 0 Å². The standard InChI is InChI=1S/C80H156O17P2/c1-8-9-10-11-12-13-14-15-16-17-18-19-20-21-22-23-24-34-42-49-56-63-79(84)96-75(67-90-77(82)61-54-47-40-33-27-25-30-37-44-51-58-71(2)3)69-94-98(86,87)92-65-74(81)66-93-99(88,89)95-70-76(68-91-78(83)62-55-48-41-36-29-32-39-46-53-60-73(6)7)97-80(85)64-57-50-43-35-28-26-31-38-45-52-59-72(4)5/h71-76,81H,8-70H2,1-7H3,(H,86,87)(H,88,89)/t74-,75-,76-/m1/s1. The summed E-state index contributed by atoms with van der Waals surface area (Å²) in [5, 5.41) is 10.6. The van der Waals surface area contributed by atoms with Gasteiger partial charge in [0, 0.05) is 25.7 Å². The van der Waals surface area contributed by atoms with Crippen LogP contribution in [0.3, 0.4) is 0 Å². The van der Waals surface area contributed by atoms with E-state index in [-0.39, 0.29) is 25.7 Å². The van der Waals surface area contributed by atoms with E-state index >= 15 is 0 Å². The second-order valence-electron chi connectivity index (χ2n) is 30.2. The van der Waals surface area contributed by atoms with Crippen LogP contribution >= 0.6 is 15.6 Å². The lowest BCUT2D eigenvalue weighted by atomic mass is 10.0. The molecule has 17 nitrogen and oxygen atoms in total. The van der Waals surface area contributed by atoms with E-state index in [9.17, 15) is 43.2 Å². The quantitative estimate of drug-likeness (QED) is 0.0222. The summed E-state index contributed by atoms with van der Waals surface area (Å²) >= 11 is 0. The molecule has 0 aromatic rings. The summed E-state index contributed by atoms with van der Waals surface area (Å²) in [6.07, 6.45) is 58.4. The third kappa shape index (κ3) is 74.1. The van der Waals surface area contributed by atoms with Crippen LogP contribution in [0, 0.1) is 17.8 Å². The molecule has 0 rings (SSSR count). The van der Waals surface area contributed by atoms with Gasteiger partial charge in [-0.2, -0.15) is 0 Å². The maximum Gasteiger partial charge on any atom is 0.472 e. The van der Waals surface area contributed by atoms with Crippen molar-refractivity contribution >= 4 is 39.5 Å². The van der Waals surface area contributed by atoms with E-state index in [2.05, 4.69) is 48.5 Å². The molecule has 99 heavy (non-hydrogen) atoms. The van der Waals surface area contributed by atoms with Crippen molar-refractivity contribution < 1.29 is 80.2 Å². The molecule has 0 amide bonds. The fourth-order valence-electron chi connectivity index (χ4n) is 12.3. The molecule has 2 unspecified atom stereocenters. The average molecular weight is 1450 g/mol. The van der Waals surface area contributed by atoms with E-state index in [1.54, 1.807) is 0 Å². The van der Waals surface area contributed by atoms with E-state index in [1.165, 1.54) is 225 Å². The molecular weight excluding hydrogens is 1290 g/mol. The number of aliphatic hydroxyl groups excluding tert-OH is 1. The van der Waals surface area contributed by atoms with Crippen molar-refractivity contribution in [1.29, 1.82) is 0 Å². The van der Waals surface area contributed by atoms with Gasteiger partial charge in [0.2, 0.25) is 0 Å². The summed E-state index contributed by atoms with van der Waals surface area (Å²) in [6, 6.07) is 0. The number of phosphoric ester groups is 2. The zero-order valence-corrected chi connectivity index (χ0v) is 66.8. The minimum atomic E-state index is -4.96. The Morgan fingerprint density at radius 3 is 0.687 bits per heavy atom. The Morgan fingerprint density at radius 2 is 0.465 bits per heavy atom. The Labute approximate surface area is 607 Å². The highest BCUT2D eigenvalue weighted by atomic mass is 31.2. The first-order chi connectivity index (χ1) is 47.7. The minimum absolute atomic E-state index is 0.106. The van der Waals surface area contributed by atoms with Gasteiger partial charge < -0.3 is 33.8 Å². The van der Waals surface area contributed by atoms with E-state index in [0.717, 1.165) is 108 Å². The van der Waals surface area contributed by atoms with Crippen molar-refractivity contribution in [2.24, 2.45) is 17.8 Å². The second-order valence-corrected chi connectivity index (χ2v) is 33.1. The molecule has 0 aliphatic carbocycles. The van der Waals surface area contributed by atoms with Crippen LogP contribution in [0.2, 0.25) is 0 Å². The summed E-state index contributed by atoms with van der Waals surface area (Å²) in [5.74, 6) is 0.140. The van der Waals surface area contributed by atoms with Crippen molar-refractivity contribution in [2.45, 2.75) is 433 Å². The summed E-state index contributed by atoms with van der Waals surface area (Å²) < 4.78 is 68.7. The van der Waals surface area contributed by atoms with Gasteiger partial charge in [-0.05, 0) is 43.4 Å². The van der Waals surface area contributed by atoms with Crippen molar-refractivity contribution in [2.75, 3.05) is 39.6 Å². The highest BCUT2D eigenvalue weighted by molar-refractivity contribution is 7.47. The number of esters is 4. The lowest BCUT2D eigenvalue weighted by Crippen LogP contribution is -2.30. The Kier molecular flexibility index (Phi) is 69.0. The normalized spacial score (nSPS) is 14.0. The van der Waals surface area contributed by atoms with Gasteiger partial charge in [0.15, 0.2) is 12.2 Å². The van der Waals surface area contributed by atoms with Gasteiger partial charge in [0.25, 0.3) is 0 Å². The molecule has 0 fully saturated rings. The molecule has 0 saturated heterocycles. The van der Waals surface area contributed by atoms with Crippen LogP contribution < -0.4 is 0 Å². The molecule has 0 aromatic carbocycles. The van der Waals surface area contributed by atoms with Crippen LogP contribution in [-0.4, -0.2) is 96.7 Å². The maximum absolute atomic E-state index is 13.1. The van der Waals surface area contributed by atoms with Gasteiger partial charge in [-0.25, -0.2) is 9.13 Å². The van der Waals surface area contributed by atoms with Crippen molar-refractivity contribution in [3.8, 4) is 0 Å². The number of unbranched alkanes of at least 4 members (excludes halogenated alkanes) is 46. The first-order valence-corrected chi connectivity index (χ1v) is 44.3. The highest BCUT2D eigenvalue weighted by Gasteiger charge is 2.30. The third-order valence-electron chi connectivity index (χ3n) is 18.6. The van der Waals surface area contributed by atoms with E-state index < -0.39 is 97.5 Å². The minimum Gasteiger partial charge on any atom is -0.462 e. The molecule has 5 atom stereocenters. The highest BCUT2D eigenvalue weighted by Crippen LogP contribution is 2.45. The lowest BCUT2D eigenvalue weighted by molar-refractivity contribution is -0.161. The van der Waals surface area contributed by atoms with Gasteiger partial charge in [-0.1, -0.05) is 363 Å². The van der Waals surface area contributed by atoms with Gasteiger partial charge in [0.1, 0.15) is 19.3 Å². The number of hydrogen-bond donors (Lipinski definition) is 3. The average Bonchev–Trinajstić information content (AvgIpc) is 1.58. The maximum atomic E-state index is 13.1. The molecule has 0 spiro atoms. The van der Waals surface area contributed by atoms with Crippen LogP contribution in [0.25, 0.3) is 0 Å². The predicted molar refractivity (Wildman–Crippen MR) is 405 cm³/mol. The zero-order chi connectivity index (χ0) is 73.0. The monoisotopic (exact) mass is 1450 g/mol. The molecule has 19 heteroatoms. The zero-order valence-electron chi connectivity index (χ0n) is 65.0. The lowest BCUT2D eigenvalue weighted by Gasteiger charge is -2.21. The van der Waals surface area contributed by atoms with E-state index in [4.69, 9.17) is 37.0 Å². The summed E-state index contributed by atoms with van der Waals surface area (Å²) in [7, 11) is -9.92. The molecule has 0 aromatic heterocycles. The summed E-state index contributed by atoms with van der Waals surface area (Å²) in [5.41, 5.74) is 0. The van der Waals surface area contributed by atoms with E-state index in [0.29, 0.717) is 25.7 Å². The number of rotatable bonds is 78. The molecule has 3 N–H and O–H groups in total. The topological polar surface area (TPSA) is 237 Å². The second kappa shape index (κ2) is 70.4. The van der Waals surface area contributed by atoms with Crippen LogP contribution in [0.4, 0.5) is 0 Å². The molecular formula is C80H156O17P2. The number of aliphatic hydroxyl groups is 1. The van der Waals surface area contributed by atoms with Gasteiger partial charge >= 0.3 is 39.5 Å². The Bertz CT molecular complexity index is 1920. The third-order valence-corrected chi connectivity index (χ3v) is 20.5. The van der Waals surface area contributed by atoms with Crippen LogP contribution in [0.5, 0.6) is 0 Å². The largest absolute Gasteiger partial charge is 0.472 e. The van der Waals surface area contributed by atoms with Gasteiger partial charge in [0.05, 0.1) is 26.4 Å². The number of carbonyl (C=O) groups is 4. The predicted octanol–water partition coefficient (Wildman–Crippen LogP) is 23.7. The number of phosphoric acid groups is 2. The molecule has 0 radical (unpaired) electrons. The van der Waals surface area contributed by atoms with Crippen molar-refractivity contribution in [3.63, 3.8) is 0 Å². The SMILES string of the molecule is CCCCCCCCCCCCCCCCCCCCCCCC(=O)O[C@H](COC(=O)CCCCCCCCCCCCC(C)C)COP(=O)(O)OC[C@@H](O)COP(=O)(O)OC[C@@H](COC(=O)CCCCCCCCCCCC(C)C)OC(=O)CCCCCCCCCCCCC(C)C. The Hall–Kier alpha value is -1.94. The van der Waals surface area contributed by atoms with Gasteiger partial charge in [-0.3, -0.25) is 37.3 Å². The summed E-state index contributed by atoms with van der Waals surface area (Å²) in [4.78, 5) is 73.0. The first-order valence-electron chi connectivity index (χ1n) is 41.3. The molecule has 0 bridgehead atoms. The molecule has 0 heterocycles. The van der Waals surface area contributed by atoms with Crippen LogP contribution in [0.1, 0.15) is 414 Å². The molecule has 588 valence electrons. The Morgan fingerprint density at radius 1 is 0.273 bits per heavy atom. The van der Waals surface area contributed by atoms with Gasteiger partial charge in [-0.15, -0.1) is 0 Å².